The molecule has 0 radical (unpaired) electrons. The van der Waals surface area contributed by atoms with Gasteiger partial charge in [-0.25, -0.2) is 9.78 Å². The van der Waals surface area contributed by atoms with Crippen molar-refractivity contribution < 1.29 is 19.1 Å². The van der Waals surface area contributed by atoms with Crippen molar-refractivity contribution in [3.63, 3.8) is 0 Å². The molecule has 0 saturated heterocycles. The second-order valence-electron chi connectivity index (χ2n) is 5.44. The number of benzene rings is 1. The number of nitrogens with zero attached hydrogens (tertiary/aromatic N) is 1. The molecule has 1 amide bonds. The zero-order chi connectivity index (χ0) is 16.1. The number of oxazole rings is 1. The maximum Gasteiger partial charge on any atom is 0.326 e. The normalized spacial score (nSPS) is 12.1. The number of carboxylic acids is 1. The molecule has 6 nitrogen and oxygen atoms in total. The molecule has 1 aromatic heterocycles. The van der Waals surface area contributed by atoms with Gasteiger partial charge in [0, 0.05) is 11.1 Å². The molecule has 0 aliphatic carbocycles. The third kappa shape index (κ3) is 3.94. The minimum absolute atomic E-state index is 0.168. The summed E-state index contributed by atoms with van der Waals surface area (Å²) in [5.41, 5.74) is 1.09. The van der Waals surface area contributed by atoms with E-state index in [1.54, 1.807) is 30.5 Å². The lowest BCUT2D eigenvalue weighted by Gasteiger charge is -2.16. The molecule has 0 fully saturated rings. The topological polar surface area (TPSA) is 92.4 Å². The third-order valence-corrected chi connectivity index (χ3v) is 3.15. The Bertz CT molecular complexity index is 650. The van der Waals surface area contributed by atoms with Gasteiger partial charge >= 0.3 is 5.97 Å². The quantitative estimate of drug-likeness (QED) is 0.855. The predicted octanol–water partition coefficient (Wildman–Crippen LogP) is 2.57. The van der Waals surface area contributed by atoms with Gasteiger partial charge in [-0.2, -0.15) is 0 Å². The van der Waals surface area contributed by atoms with Gasteiger partial charge in [0.15, 0.2) is 12.2 Å². The lowest BCUT2D eigenvalue weighted by atomic mass is 10.0. The van der Waals surface area contributed by atoms with Crippen molar-refractivity contribution in [1.29, 1.82) is 0 Å². The van der Waals surface area contributed by atoms with Crippen LogP contribution in [0.2, 0.25) is 0 Å². The van der Waals surface area contributed by atoms with E-state index in [1.807, 2.05) is 13.8 Å². The molecule has 2 aromatic rings. The number of carboxylic acid groups (broad SMARTS) is 1. The number of amides is 1. The molecular weight excluding hydrogens is 284 g/mol. The molecule has 22 heavy (non-hydrogen) atoms. The Morgan fingerprint density at radius 1 is 1.36 bits per heavy atom. The minimum atomic E-state index is -1.03. The van der Waals surface area contributed by atoms with Gasteiger partial charge in [0.1, 0.15) is 6.04 Å². The molecular formula is C16H18N2O4. The van der Waals surface area contributed by atoms with Crippen molar-refractivity contribution in [2.45, 2.75) is 26.3 Å². The lowest BCUT2D eigenvalue weighted by molar-refractivity contribution is -0.139. The molecule has 0 bridgehead atoms. The molecule has 0 unspecified atom stereocenters. The third-order valence-electron chi connectivity index (χ3n) is 3.15. The van der Waals surface area contributed by atoms with Gasteiger partial charge in [0.05, 0.1) is 6.20 Å². The average molecular weight is 302 g/mol. The van der Waals surface area contributed by atoms with Crippen molar-refractivity contribution in [2.24, 2.45) is 5.92 Å². The predicted molar refractivity (Wildman–Crippen MR) is 80.3 cm³/mol. The summed E-state index contributed by atoms with van der Waals surface area (Å²) in [6.45, 7) is 3.82. The Morgan fingerprint density at radius 3 is 2.73 bits per heavy atom. The van der Waals surface area contributed by atoms with E-state index in [1.165, 1.54) is 6.39 Å². The second-order valence-corrected chi connectivity index (χ2v) is 5.44. The molecule has 6 heteroatoms. The smallest absolute Gasteiger partial charge is 0.326 e. The Balaban J connectivity index is 2.15. The Kier molecular flexibility index (Phi) is 4.93. The molecule has 0 aliphatic rings. The molecule has 2 rings (SSSR count). The van der Waals surface area contributed by atoms with E-state index in [4.69, 9.17) is 4.42 Å². The summed E-state index contributed by atoms with van der Waals surface area (Å²) in [7, 11) is 0. The first kappa shape index (κ1) is 15.8. The molecule has 0 aliphatic heterocycles. The first-order valence-electron chi connectivity index (χ1n) is 7.00. The SMILES string of the molecule is CC(C)C[C@H](NC(=O)c1cccc(-c2cnco2)c1)C(=O)O. The van der Waals surface area contributed by atoms with E-state index < -0.39 is 17.9 Å². The number of hydrogen-bond donors (Lipinski definition) is 2. The van der Waals surface area contributed by atoms with Crippen LogP contribution in [-0.4, -0.2) is 28.0 Å². The minimum Gasteiger partial charge on any atom is -0.480 e. The van der Waals surface area contributed by atoms with Crippen LogP contribution in [0.3, 0.4) is 0 Å². The van der Waals surface area contributed by atoms with Crippen molar-refractivity contribution in [1.82, 2.24) is 10.3 Å². The molecule has 116 valence electrons. The maximum atomic E-state index is 12.2. The van der Waals surface area contributed by atoms with E-state index >= 15 is 0 Å². The van der Waals surface area contributed by atoms with Crippen LogP contribution < -0.4 is 5.32 Å². The lowest BCUT2D eigenvalue weighted by Crippen LogP contribution is -2.41. The summed E-state index contributed by atoms with van der Waals surface area (Å²) in [4.78, 5) is 27.3. The molecule has 0 spiro atoms. The number of aliphatic carboxylic acids is 1. The summed E-state index contributed by atoms with van der Waals surface area (Å²) in [6, 6.07) is 5.88. The summed E-state index contributed by atoms with van der Waals surface area (Å²) < 4.78 is 5.19. The average Bonchev–Trinajstić information content (AvgIpc) is 3.00. The molecule has 2 N–H and O–H groups in total. The number of hydrogen-bond acceptors (Lipinski definition) is 4. The van der Waals surface area contributed by atoms with Crippen LogP contribution in [0.4, 0.5) is 0 Å². The highest BCUT2D eigenvalue weighted by Crippen LogP contribution is 2.19. The van der Waals surface area contributed by atoms with Crippen LogP contribution in [0.25, 0.3) is 11.3 Å². The highest BCUT2D eigenvalue weighted by atomic mass is 16.4. The number of nitrogens with one attached hydrogen (secondary N) is 1. The van der Waals surface area contributed by atoms with Gasteiger partial charge in [-0.05, 0) is 24.5 Å². The zero-order valence-electron chi connectivity index (χ0n) is 12.4. The summed E-state index contributed by atoms with van der Waals surface area (Å²) in [5.74, 6) is -0.739. The van der Waals surface area contributed by atoms with E-state index in [0.717, 1.165) is 0 Å². The molecule has 1 aromatic carbocycles. The molecule has 1 heterocycles. The van der Waals surface area contributed by atoms with Crippen molar-refractivity contribution >= 4 is 11.9 Å². The molecule has 1 atom stereocenters. The van der Waals surface area contributed by atoms with Crippen molar-refractivity contribution in [3.8, 4) is 11.3 Å². The first-order chi connectivity index (χ1) is 10.5. The van der Waals surface area contributed by atoms with E-state index in [9.17, 15) is 14.7 Å². The first-order valence-corrected chi connectivity index (χ1v) is 7.00. The van der Waals surface area contributed by atoms with Gasteiger partial charge in [-0.15, -0.1) is 0 Å². The van der Waals surface area contributed by atoms with Crippen LogP contribution in [0.5, 0.6) is 0 Å². The van der Waals surface area contributed by atoms with E-state index in [-0.39, 0.29) is 5.92 Å². The highest BCUT2D eigenvalue weighted by Gasteiger charge is 2.21. The van der Waals surface area contributed by atoms with Crippen LogP contribution in [0.15, 0.2) is 41.3 Å². The molecule has 0 saturated carbocycles. The van der Waals surface area contributed by atoms with Gasteiger partial charge in [-0.1, -0.05) is 26.0 Å². The number of aromatic nitrogens is 1. The Morgan fingerprint density at radius 2 is 2.14 bits per heavy atom. The summed E-state index contributed by atoms with van der Waals surface area (Å²) in [6.07, 6.45) is 3.24. The number of carbonyl (C=O) groups excluding carboxylic acids is 1. The van der Waals surface area contributed by atoms with Crippen LogP contribution >= 0.6 is 0 Å². The van der Waals surface area contributed by atoms with Crippen LogP contribution in [0, 0.1) is 5.92 Å². The standard InChI is InChI=1S/C16H18N2O4/c1-10(2)6-13(16(20)21)18-15(19)12-5-3-4-11(7-12)14-8-17-9-22-14/h3-5,7-10,13H,6H2,1-2H3,(H,18,19)(H,20,21)/t13-/m0/s1. The van der Waals surface area contributed by atoms with E-state index in [2.05, 4.69) is 10.3 Å². The number of rotatable bonds is 6. The van der Waals surface area contributed by atoms with E-state index in [0.29, 0.717) is 23.3 Å². The van der Waals surface area contributed by atoms with Crippen LogP contribution in [0.1, 0.15) is 30.6 Å². The number of carbonyl (C=O) groups is 2. The largest absolute Gasteiger partial charge is 0.480 e. The Labute approximate surface area is 128 Å². The zero-order valence-corrected chi connectivity index (χ0v) is 12.4. The monoisotopic (exact) mass is 302 g/mol. The van der Waals surface area contributed by atoms with Gasteiger partial charge < -0.3 is 14.8 Å². The fourth-order valence-electron chi connectivity index (χ4n) is 2.11. The highest BCUT2D eigenvalue weighted by molar-refractivity contribution is 5.97. The Hall–Kier alpha value is -2.63. The summed E-state index contributed by atoms with van der Waals surface area (Å²) in [5, 5.41) is 11.7. The van der Waals surface area contributed by atoms with Gasteiger partial charge in [-0.3, -0.25) is 4.79 Å². The fourth-order valence-corrected chi connectivity index (χ4v) is 2.11. The summed E-state index contributed by atoms with van der Waals surface area (Å²) >= 11 is 0. The van der Waals surface area contributed by atoms with Gasteiger partial charge in [0.25, 0.3) is 5.91 Å². The fraction of sp³-hybridized carbons (Fsp3) is 0.312. The maximum absolute atomic E-state index is 12.2. The van der Waals surface area contributed by atoms with Crippen molar-refractivity contribution in [3.05, 3.63) is 42.4 Å². The van der Waals surface area contributed by atoms with Crippen LogP contribution in [-0.2, 0) is 4.79 Å². The second kappa shape index (κ2) is 6.89. The van der Waals surface area contributed by atoms with Crippen molar-refractivity contribution in [2.75, 3.05) is 0 Å². The van der Waals surface area contributed by atoms with Gasteiger partial charge in [0.2, 0.25) is 0 Å².